The van der Waals surface area contributed by atoms with Crippen molar-refractivity contribution >= 4 is 17.4 Å². The molecule has 6 heteroatoms. The smallest absolute Gasteiger partial charge is 0.255 e. The van der Waals surface area contributed by atoms with Gasteiger partial charge in [0.15, 0.2) is 0 Å². The van der Waals surface area contributed by atoms with Gasteiger partial charge in [-0.3, -0.25) is 4.79 Å². The van der Waals surface area contributed by atoms with E-state index in [-0.39, 0.29) is 5.69 Å². The summed E-state index contributed by atoms with van der Waals surface area (Å²) in [5.74, 6) is -1.32. The summed E-state index contributed by atoms with van der Waals surface area (Å²) in [6.07, 6.45) is 0. The second-order valence-corrected chi connectivity index (χ2v) is 4.21. The van der Waals surface area contributed by atoms with Gasteiger partial charge >= 0.3 is 0 Å². The molecule has 1 aromatic carbocycles. The summed E-state index contributed by atoms with van der Waals surface area (Å²) in [5.41, 5.74) is 0.752. The van der Waals surface area contributed by atoms with Gasteiger partial charge in [-0.25, -0.2) is 13.8 Å². The number of nitrogens with zero attached hydrogens (tertiary/aromatic N) is 1. The van der Waals surface area contributed by atoms with Crippen LogP contribution in [0.2, 0.25) is 0 Å². The molecule has 1 amide bonds. The lowest BCUT2D eigenvalue weighted by Crippen LogP contribution is -2.14. The van der Waals surface area contributed by atoms with E-state index in [1.165, 1.54) is 6.07 Å². The van der Waals surface area contributed by atoms with Crippen LogP contribution in [0.1, 0.15) is 16.1 Å². The van der Waals surface area contributed by atoms with Gasteiger partial charge in [-0.2, -0.15) is 0 Å². The Balaban J connectivity index is 2.28. The van der Waals surface area contributed by atoms with E-state index in [2.05, 4.69) is 15.6 Å². The molecule has 0 radical (unpaired) electrons. The topological polar surface area (TPSA) is 54.0 Å². The highest BCUT2D eigenvalue weighted by Crippen LogP contribution is 2.17. The zero-order valence-corrected chi connectivity index (χ0v) is 11.0. The number of pyridine rings is 1. The molecule has 0 atom stereocenters. The number of nitrogens with one attached hydrogen (secondary N) is 2. The van der Waals surface area contributed by atoms with Gasteiger partial charge in [0.1, 0.15) is 17.5 Å². The predicted molar refractivity (Wildman–Crippen MR) is 72.8 cm³/mol. The number of halogens is 2. The van der Waals surface area contributed by atoms with E-state index in [1.54, 1.807) is 20.0 Å². The maximum Gasteiger partial charge on any atom is 0.255 e. The maximum atomic E-state index is 13.5. The number of hydrogen-bond acceptors (Lipinski definition) is 3. The number of rotatable bonds is 3. The minimum absolute atomic E-state index is 0.199. The molecule has 104 valence electrons. The van der Waals surface area contributed by atoms with Crippen molar-refractivity contribution in [3.8, 4) is 0 Å². The van der Waals surface area contributed by atoms with E-state index in [4.69, 9.17) is 0 Å². The van der Waals surface area contributed by atoms with Crippen LogP contribution in [0.25, 0.3) is 0 Å². The average Bonchev–Trinajstić information content (AvgIpc) is 2.42. The molecule has 0 saturated heterocycles. The molecular formula is C14H13F2N3O. The molecule has 4 nitrogen and oxygen atoms in total. The highest BCUT2D eigenvalue weighted by Gasteiger charge is 2.12. The van der Waals surface area contributed by atoms with Crippen molar-refractivity contribution in [3.63, 3.8) is 0 Å². The highest BCUT2D eigenvalue weighted by molar-refractivity contribution is 6.04. The first-order valence-corrected chi connectivity index (χ1v) is 5.92. The largest absolute Gasteiger partial charge is 0.373 e. The highest BCUT2D eigenvalue weighted by atomic mass is 19.1. The standard InChI is InChI=1S/C14H13F2N3O/c1-8-5-9(6-13(17-2)18-8)14(20)19-12-7-10(15)3-4-11(12)16/h3-7H,1-2H3,(H,17,18)(H,19,20). The van der Waals surface area contributed by atoms with Crippen LogP contribution in [0.5, 0.6) is 0 Å². The van der Waals surface area contributed by atoms with Crippen molar-refractivity contribution in [2.75, 3.05) is 17.7 Å². The molecule has 0 spiro atoms. The third-order valence-electron chi connectivity index (χ3n) is 2.65. The zero-order valence-electron chi connectivity index (χ0n) is 11.0. The number of aryl methyl sites for hydroxylation is 1. The molecule has 0 saturated carbocycles. The number of carbonyl (C=O) groups is 1. The Morgan fingerprint density at radius 2 is 1.95 bits per heavy atom. The molecule has 0 unspecified atom stereocenters. The summed E-state index contributed by atoms with van der Waals surface area (Å²) in [6.45, 7) is 1.74. The maximum absolute atomic E-state index is 13.5. The summed E-state index contributed by atoms with van der Waals surface area (Å²) in [4.78, 5) is 16.2. The Morgan fingerprint density at radius 3 is 2.65 bits per heavy atom. The van der Waals surface area contributed by atoms with Crippen LogP contribution in [-0.2, 0) is 0 Å². The molecule has 1 aromatic heterocycles. The molecule has 0 fully saturated rings. The van der Waals surface area contributed by atoms with Gasteiger partial charge < -0.3 is 10.6 Å². The third kappa shape index (κ3) is 3.09. The van der Waals surface area contributed by atoms with Crippen molar-refractivity contribution in [2.24, 2.45) is 0 Å². The summed E-state index contributed by atoms with van der Waals surface area (Å²) in [6, 6.07) is 5.97. The SMILES string of the molecule is CNc1cc(C(=O)Nc2cc(F)ccc2F)cc(C)n1. The van der Waals surface area contributed by atoms with Gasteiger partial charge in [-0.15, -0.1) is 0 Å². The Kier molecular flexibility index (Phi) is 3.93. The molecule has 0 aliphatic heterocycles. The summed E-state index contributed by atoms with van der Waals surface area (Å²) >= 11 is 0. The lowest BCUT2D eigenvalue weighted by molar-refractivity contribution is 0.102. The Bertz CT molecular complexity index is 659. The Hall–Kier alpha value is -2.50. The van der Waals surface area contributed by atoms with E-state index in [0.717, 1.165) is 18.2 Å². The van der Waals surface area contributed by atoms with Crippen molar-refractivity contribution in [2.45, 2.75) is 6.92 Å². The van der Waals surface area contributed by atoms with Crippen molar-refractivity contribution in [3.05, 3.63) is 53.2 Å². The van der Waals surface area contributed by atoms with Gasteiger partial charge in [0.2, 0.25) is 0 Å². The van der Waals surface area contributed by atoms with Crippen molar-refractivity contribution < 1.29 is 13.6 Å². The number of amides is 1. The van der Waals surface area contributed by atoms with Crippen molar-refractivity contribution in [1.29, 1.82) is 0 Å². The first-order valence-electron chi connectivity index (χ1n) is 5.92. The fraction of sp³-hybridized carbons (Fsp3) is 0.143. The molecule has 2 N–H and O–H groups in total. The van der Waals surface area contributed by atoms with E-state index < -0.39 is 17.5 Å². The van der Waals surface area contributed by atoms with Gasteiger partial charge in [0.05, 0.1) is 5.69 Å². The van der Waals surface area contributed by atoms with E-state index >= 15 is 0 Å². The molecule has 1 heterocycles. The Morgan fingerprint density at radius 1 is 1.20 bits per heavy atom. The minimum atomic E-state index is -0.695. The van der Waals surface area contributed by atoms with Gasteiger partial charge in [0, 0.05) is 24.4 Å². The van der Waals surface area contributed by atoms with Crippen LogP contribution in [0, 0.1) is 18.6 Å². The number of anilines is 2. The van der Waals surface area contributed by atoms with E-state index in [9.17, 15) is 13.6 Å². The first-order chi connectivity index (χ1) is 9.49. The quantitative estimate of drug-likeness (QED) is 0.907. The van der Waals surface area contributed by atoms with Crippen LogP contribution in [0.4, 0.5) is 20.3 Å². The lowest BCUT2D eigenvalue weighted by Gasteiger charge is -2.08. The molecule has 0 aliphatic carbocycles. The molecule has 2 rings (SSSR count). The van der Waals surface area contributed by atoms with Crippen LogP contribution in [0.15, 0.2) is 30.3 Å². The summed E-state index contributed by atoms with van der Waals surface area (Å²) in [5, 5.41) is 5.16. The lowest BCUT2D eigenvalue weighted by atomic mass is 10.2. The second kappa shape index (κ2) is 5.64. The molecule has 0 bridgehead atoms. The van der Waals surface area contributed by atoms with Crippen LogP contribution in [0.3, 0.4) is 0 Å². The third-order valence-corrected chi connectivity index (χ3v) is 2.65. The Labute approximate surface area is 114 Å². The summed E-state index contributed by atoms with van der Waals surface area (Å²) in [7, 11) is 1.68. The van der Waals surface area contributed by atoms with E-state index in [1.807, 2.05) is 0 Å². The minimum Gasteiger partial charge on any atom is -0.373 e. The monoisotopic (exact) mass is 277 g/mol. The van der Waals surface area contributed by atoms with Crippen molar-refractivity contribution in [1.82, 2.24) is 4.98 Å². The van der Waals surface area contributed by atoms with Gasteiger partial charge in [-0.1, -0.05) is 0 Å². The van der Waals surface area contributed by atoms with E-state index in [0.29, 0.717) is 17.1 Å². The van der Waals surface area contributed by atoms with Crippen LogP contribution >= 0.6 is 0 Å². The summed E-state index contributed by atoms with van der Waals surface area (Å²) < 4.78 is 26.5. The fourth-order valence-corrected chi connectivity index (χ4v) is 1.72. The van der Waals surface area contributed by atoms with Gasteiger partial charge in [-0.05, 0) is 31.2 Å². The van der Waals surface area contributed by atoms with Gasteiger partial charge in [0.25, 0.3) is 5.91 Å². The van der Waals surface area contributed by atoms with Crippen LogP contribution in [-0.4, -0.2) is 17.9 Å². The molecular weight excluding hydrogens is 264 g/mol. The number of benzene rings is 1. The average molecular weight is 277 g/mol. The second-order valence-electron chi connectivity index (χ2n) is 4.21. The van der Waals surface area contributed by atoms with Crippen LogP contribution < -0.4 is 10.6 Å². The number of hydrogen-bond donors (Lipinski definition) is 2. The molecule has 20 heavy (non-hydrogen) atoms. The normalized spacial score (nSPS) is 10.2. The number of carbonyl (C=O) groups excluding carboxylic acids is 1. The molecule has 2 aromatic rings. The zero-order chi connectivity index (χ0) is 14.7. The first kappa shape index (κ1) is 13.9. The molecule has 0 aliphatic rings. The fourth-order valence-electron chi connectivity index (χ4n) is 1.72. The number of aromatic nitrogens is 1. The predicted octanol–water partition coefficient (Wildman–Crippen LogP) is 2.96.